The number of fused-ring (bicyclic) bond motifs is 2. The number of hydrogen-bond donors (Lipinski definition) is 1. The average Bonchev–Trinajstić information content (AvgIpc) is 2.94. The van der Waals surface area contributed by atoms with Crippen LogP contribution in [0.15, 0.2) is 22.7 Å². The van der Waals surface area contributed by atoms with Crippen LogP contribution in [0, 0.1) is 5.92 Å². The van der Waals surface area contributed by atoms with Crippen LogP contribution in [0.5, 0.6) is 0 Å². The van der Waals surface area contributed by atoms with Crippen molar-refractivity contribution in [1.82, 2.24) is 5.32 Å². The molecule has 0 amide bonds. The molecular weight excluding hydrogens is 276 g/mol. The summed E-state index contributed by atoms with van der Waals surface area (Å²) >= 11 is 3.68. The van der Waals surface area contributed by atoms with E-state index in [0.29, 0.717) is 0 Å². The molecule has 1 N–H and O–H groups in total. The van der Waals surface area contributed by atoms with Crippen LogP contribution in [0.25, 0.3) is 0 Å². The van der Waals surface area contributed by atoms with E-state index in [4.69, 9.17) is 0 Å². The third-order valence-corrected chi connectivity index (χ3v) is 4.88. The topological polar surface area (TPSA) is 15.3 Å². The molecule has 2 atom stereocenters. The second kappa shape index (κ2) is 4.62. The number of rotatable bonds is 3. The van der Waals surface area contributed by atoms with E-state index in [-0.39, 0.29) is 0 Å². The lowest BCUT2D eigenvalue weighted by atomic mass is 10.1. The fourth-order valence-corrected chi connectivity index (χ4v) is 3.80. The van der Waals surface area contributed by atoms with Crippen LogP contribution in [0.2, 0.25) is 0 Å². The number of halogens is 1. The molecule has 3 rings (SSSR count). The lowest BCUT2D eigenvalue weighted by Crippen LogP contribution is -2.31. The SMILES string of the molecule is CNCc1ccc(N2CC3CCC2C3)cc1Br. The zero-order valence-corrected chi connectivity index (χ0v) is 11.8. The van der Waals surface area contributed by atoms with Crippen molar-refractivity contribution >= 4 is 21.6 Å². The molecule has 1 aliphatic heterocycles. The molecule has 2 bridgehead atoms. The molecule has 1 heterocycles. The van der Waals surface area contributed by atoms with Crippen LogP contribution >= 0.6 is 15.9 Å². The van der Waals surface area contributed by atoms with Crippen molar-refractivity contribution in [3.63, 3.8) is 0 Å². The molecule has 2 nitrogen and oxygen atoms in total. The van der Waals surface area contributed by atoms with Crippen LogP contribution in [0.4, 0.5) is 5.69 Å². The Kier molecular flexibility index (Phi) is 3.14. The summed E-state index contributed by atoms with van der Waals surface area (Å²) in [5, 5.41) is 3.20. The van der Waals surface area contributed by atoms with Gasteiger partial charge in [0, 0.05) is 29.3 Å². The number of anilines is 1. The number of nitrogens with zero attached hydrogens (tertiary/aromatic N) is 1. The quantitative estimate of drug-likeness (QED) is 0.921. The zero-order valence-electron chi connectivity index (χ0n) is 10.2. The number of benzene rings is 1. The molecule has 3 heteroatoms. The van der Waals surface area contributed by atoms with E-state index in [9.17, 15) is 0 Å². The average molecular weight is 295 g/mol. The molecule has 1 saturated heterocycles. The predicted molar refractivity (Wildman–Crippen MR) is 75.4 cm³/mol. The fourth-order valence-electron chi connectivity index (χ4n) is 3.29. The second-order valence-electron chi connectivity index (χ2n) is 5.29. The molecule has 1 aromatic carbocycles. The van der Waals surface area contributed by atoms with Gasteiger partial charge in [0.25, 0.3) is 0 Å². The maximum atomic E-state index is 3.68. The van der Waals surface area contributed by atoms with E-state index in [0.717, 1.165) is 18.5 Å². The molecule has 92 valence electrons. The number of hydrogen-bond acceptors (Lipinski definition) is 2. The molecule has 2 aliphatic rings. The molecule has 2 fully saturated rings. The normalized spacial score (nSPS) is 26.8. The number of nitrogens with one attached hydrogen (secondary N) is 1. The van der Waals surface area contributed by atoms with Crippen LogP contribution in [0.1, 0.15) is 24.8 Å². The van der Waals surface area contributed by atoms with Gasteiger partial charge in [-0.05, 0) is 49.9 Å². The highest BCUT2D eigenvalue weighted by Gasteiger charge is 2.37. The molecule has 0 spiro atoms. The first-order valence-corrected chi connectivity index (χ1v) is 7.27. The van der Waals surface area contributed by atoms with Crippen LogP contribution in [-0.2, 0) is 6.54 Å². The van der Waals surface area contributed by atoms with E-state index in [1.165, 1.54) is 41.5 Å². The Hall–Kier alpha value is -0.540. The minimum absolute atomic E-state index is 0.807. The van der Waals surface area contributed by atoms with Crippen LogP contribution in [-0.4, -0.2) is 19.6 Å². The smallest absolute Gasteiger partial charge is 0.0380 e. The monoisotopic (exact) mass is 294 g/mol. The third kappa shape index (κ3) is 2.11. The maximum Gasteiger partial charge on any atom is 0.0380 e. The summed E-state index contributed by atoms with van der Waals surface area (Å²) in [4.78, 5) is 2.60. The Morgan fingerprint density at radius 1 is 1.41 bits per heavy atom. The van der Waals surface area contributed by atoms with E-state index < -0.39 is 0 Å². The summed E-state index contributed by atoms with van der Waals surface area (Å²) in [6.07, 6.45) is 4.25. The highest BCUT2D eigenvalue weighted by Crippen LogP contribution is 2.40. The summed E-state index contributed by atoms with van der Waals surface area (Å²) in [6, 6.07) is 7.61. The lowest BCUT2D eigenvalue weighted by molar-refractivity contribution is 0.553. The molecule has 1 saturated carbocycles. The van der Waals surface area contributed by atoms with Crippen molar-refractivity contribution in [2.75, 3.05) is 18.5 Å². The van der Waals surface area contributed by atoms with Gasteiger partial charge in [-0.3, -0.25) is 0 Å². The summed E-state index contributed by atoms with van der Waals surface area (Å²) in [5.74, 6) is 0.954. The Morgan fingerprint density at radius 2 is 2.29 bits per heavy atom. The summed E-state index contributed by atoms with van der Waals surface area (Å²) in [7, 11) is 1.99. The highest BCUT2D eigenvalue weighted by atomic mass is 79.9. The van der Waals surface area contributed by atoms with Gasteiger partial charge in [-0.25, -0.2) is 0 Å². The molecule has 17 heavy (non-hydrogen) atoms. The first-order valence-electron chi connectivity index (χ1n) is 6.47. The third-order valence-electron chi connectivity index (χ3n) is 4.14. The lowest BCUT2D eigenvalue weighted by Gasteiger charge is -2.29. The number of piperidine rings is 1. The van der Waals surface area contributed by atoms with Gasteiger partial charge in [-0.15, -0.1) is 0 Å². The summed E-state index contributed by atoms with van der Waals surface area (Å²) in [5.41, 5.74) is 2.73. The predicted octanol–water partition coefficient (Wildman–Crippen LogP) is 3.16. The van der Waals surface area contributed by atoms with Gasteiger partial charge >= 0.3 is 0 Å². The van der Waals surface area contributed by atoms with Gasteiger partial charge < -0.3 is 10.2 Å². The van der Waals surface area contributed by atoms with E-state index in [1.807, 2.05) is 7.05 Å². The molecule has 0 aromatic heterocycles. The summed E-state index contributed by atoms with van der Waals surface area (Å²) < 4.78 is 1.23. The van der Waals surface area contributed by atoms with Crippen molar-refractivity contribution in [2.24, 2.45) is 5.92 Å². The minimum atomic E-state index is 0.807. The standard InChI is InChI=1S/C14H19BrN2/c1-16-8-11-3-5-13(7-14(11)15)17-9-10-2-4-12(17)6-10/h3,5,7,10,12,16H,2,4,6,8-9H2,1H3. The van der Waals surface area contributed by atoms with Crippen molar-refractivity contribution < 1.29 is 0 Å². The van der Waals surface area contributed by atoms with Gasteiger partial charge in [-0.2, -0.15) is 0 Å². The van der Waals surface area contributed by atoms with Crippen LogP contribution < -0.4 is 10.2 Å². The maximum absolute atomic E-state index is 3.68. The second-order valence-corrected chi connectivity index (χ2v) is 6.15. The Labute approximate surface area is 112 Å². The minimum Gasteiger partial charge on any atom is -0.368 e. The van der Waals surface area contributed by atoms with Crippen molar-refractivity contribution in [2.45, 2.75) is 31.8 Å². The first-order chi connectivity index (χ1) is 8.28. The van der Waals surface area contributed by atoms with Gasteiger partial charge in [0.2, 0.25) is 0 Å². The Bertz CT molecular complexity index is 419. The van der Waals surface area contributed by atoms with Gasteiger partial charge in [-0.1, -0.05) is 22.0 Å². The van der Waals surface area contributed by atoms with E-state index in [2.05, 4.69) is 44.3 Å². The van der Waals surface area contributed by atoms with E-state index in [1.54, 1.807) is 0 Å². The Balaban J connectivity index is 1.82. The molecule has 1 aliphatic carbocycles. The van der Waals surface area contributed by atoms with Gasteiger partial charge in [0.05, 0.1) is 0 Å². The molecule has 2 unspecified atom stereocenters. The molecule has 0 radical (unpaired) electrons. The fraction of sp³-hybridized carbons (Fsp3) is 0.571. The van der Waals surface area contributed by atoms with Crippen molar-refractivity contribution in [3.05, 3.63) is 28.2 Å². The Morgan fingerprint density at radius 3 is 2.88 bits per heavy atom. The van der Waals surface area contributed by atoms with Gasteiger partial charge in [0.1, 0.15) is 0 Å². The molecular formula is C14H19BrN2. The molecule has 1 aromatic rings. The van der Waals surface area contributed by atoms with Crippen molar-refractivity contribution in [1.29, 1.82) is 0 Å². The largest absolute Gasteiger partial charge is 0.368 e. The van der Waals surface area contributed by atoms with Crippen molar-refractivity contribution in [3.8, 4) is 0 Å². The summed E-state index contributed by atoms with van der Waals surface area (Å²) in [6.45, 7) is 2.19. The van der Waals surface area contributed by atoms with Crippen LogP contribution in [0.3, 0.4) is 0 Å². The first kappa shape index (κ1) is 11.5. The van der Waals surface area contributed by atoms with E-state index >= 15 is 0 Å². The zero-order chi connectivity index (χ0) is 11.8. The van der Waals surface area contributed by atoms with Gasteiger partial charge in [0.15, 0.2) is 0 Å². The highest BCUT2D eigenvalue weighted by molar-refractivity contribution is 9.10.